The van der Waals surface area contributed by atoms with Crippen LogP contribution >= 0.6 is 23.1 Å². The maximum atomic E-state index is 10.7. The van der Waals surface area contributed by atoms with E-state index in [0.717, 1.165) is 21.3 Å². The van der Waals surface area contributed by atoms with Crippen molar-refractivity contribution in [2.75, 3.05) is 6.26 Å². The van der Waals surface area contributed by atoms with E-state index in [1.807, 2.05) is 12.3 Å². The van der Waals surface area contributed by atoms with Crippen LogP contribution in [0.5, 0.6) is 5.75 Å². The standard InChI is InChI=1S/C10H8O2S2/c1-13-10-2-7-6(4-11)5-14-9(7)3-8(10)12/h2-5,12H,1H3. The summed E-state index contributed by atoms with van der Waals surface area (Å²) in [6, 6.07) is 3.56. The lowest BCUT2D eigenvalue weighted by Crippen LogP contribution is -1.77. The second-order valence-corrected chi connectivity index (χ2v) is 4.59. The van der Waals surface area contributed by atoms with Crippen LogP contribution in [0.3, 0.4) is 0 Å². The van der Waals surface area contributed by atoms with Crippen LogP contribution in [0.1, 0.15) is 10.4 Å². The summed E-state index contributed by atoms with van der Waals surface area (Å²) in [7, 11) is 0. The Morgan fingerprint density at radius 2 is 2.29 bits per heavy atom. The van der Waals surface area contributed by atoms with Crippen LogP contribution in [-0.2, 0) is 0 Å². The summed E-state index contributed by atoms with van der Waals surface area (Å²) in [6.07, 6.45) is 2.74. The van der Waals surface area contributed by atoms with Gasteiger partial charge in [0.05, 0.1) is 0 Å². The van der Waals surface area contributed by atoms with Crippen LogP contribution in [0.15, 0.2) is 22.4 Å². The third kappa shape index (κ3) is 1.40. The van der Waals surface area contributed by atoms with E-state index in [2.05, 4.69) is 0 Å². The first-order valence-corrected chi connectivity index (χ1v) is 6.10. The Hall–Kier alpha value is -1.00. The van der Waals surface area contributed by atoms with Gasteiger partial charge in [-0.15, -0.1) is 23.1 Å². The van der Waals surface area contributed by atoms with Gasteiger partial charge in [-0.2, -0.15) is 0 Å². The van der Waals surface area contributed by atoms with Crippen LogP contribution in [0.2, 0.25) is 0 Å². The molecule has 0 aliphatic carbocycles. The van der Waals surface area contributed by atoms with Gasteiger partial charge in [0, 0.05) is 25.9 Å². The highest BCUT2D eigenvalue weighted by Gasteiger charge is 2.07. The molecule has 1 N–H and O–H groups in total. The molecule has 72 valence electrons. The van der Waals surface area contributed by atoms with Crippen LogP contribution in [-0.4, -0.2) is 17.6 Å². The number of thioether (sulfide) groups is 1. The number of thiophene rings is 1. The van der Waals surface area contributed by atoms with E-state index in [9.17, 15) is 9.90 Å². The first-order valence-electron chi connectivity index (χ1n) is 3.99. The van der Waals surface area contributed by atoms with Crippen LogP contribution in [0.25, 0.3) is 10.1 Å². The van der Waals surface area contributed by atoms with Gasteiger partial charge in [-0.05, 0) is 18.4 Å². The highest BCUT2D eigenvalue weighted by molar-refractivity contribution is 7.98. The van der Waals surface area contributed by atoms with E-state index in [0.29, 0.717) is 5.56 Å². The maximum Gasteiger partial charge on any atom is 0.151 e. The molecule has 0 aliphatic rings. The first-order chi connectivity index (χ1) is 6.76. The smallest absolute Gasteiger partial charge is 0.151 e. The van der Waals surface area contributed by atoms with Crippen LogP contribution in [0, 0.1) is 0 Å². The Kier molecular flexibility index (Phi) is 2.48. The van der Waals surface area contributed by atoms with Crippen molar-refractivity contribution in [2.24, 2.45) is 0 Å². The number of fused-ring (bicyclic) bond motifs is 1. The lowest BCUT2D eigenvalue weighted by Gasteiger charge is -2.00. The van der Waals surface area contributed by atoms with Gasteiger partial charge in [-0.25, -0.2) is 0 Å². The summed E-state index contributed by atoms with van der Waals surface area (Å²) in [5.41, 5.74) is 0.695. The van der Waals surface area contributed by atoms with E-state index in [4.69, 9.17) is 0 Å². The van der Waals surface area contributed by atoms with E-state index in [1.165, 1.54) is 23.1 Å². The van der Waals surface area contributed by atoms with E-state index < -0.39 is 0 Å². The Balaban J connectivity index is 2.76. The molecule has 2 nitrogen and oxygen atoms in total. The number of phenolic OH excluding ortho intramolecular Hbond substituents is 1. The average molecular weight is 224 g/mol. The summed E-state index contributed by atoms with van der Waals surface area (Å²) >= 11 is 2.94. The van der Waals surface area contributed by atoms with Gasteiger partial charge in [0.1, 0.15) is 5.75 Å². The maximum absolute atomic E-state index is 10.7. The molecule has 2 aromatic rings. The fourth-order valence-electron chi connectivity index (χ4n) is 1.32. The Morgan fingerprint density at radius 3 is 2.93 bits per heavy atom. The largest absolute Gasteiger partial charge is 0.507 e. The number of aldehydes is 1. The van der Waals surface area contributed by atoms with Crippen molar-refractivity contribution >= 4 is 39.5 Å². The summed E-state index contributed by atoms with van der Waals surface area (Å²) < 4.78 is 0.947. The van der Waals surface area contributed by atoms with Crippen molar-refractivity contribution in [1.82, 2.24) is 0 Å². The molecule has 0 bridgehead atoms. The van der Waals surface area contributed by atoms with Gasteiger partial charge in [-0.3, -0.25) is 4.79 Å². The normalized spacial score (nSPS) is 10.6. The van der Waals surface area contributed by atoms with Gasteiger partial charge in [0.25, 0.3) is 0 Å². The molecule has 0 fully saturated rings. The average Bonchev–Trinajstić information content (AvgIpc) is 2.58. The second kappa shape index (κ2) is 3.63. The molecule has 1 heterocycles. The van der Waals surface area contributed by atoms with Crippen LogP contribution in [0.4, 0.5) is 0 Å². The number of aromatic hydroxyl groups is 1. The molecule has 0 aliphatic heterocycles. The minimum atomic E-state index is 0.282. The molecular weight excluding hydrogens is 216 g/mol. The predicted octanol–water partition coefficient (Wildman–Crippen LogP) is 3.14. The fourth-order valence-corrected chi connectivity index (χ4v) is 2.74. The first kappa shape index (κ1) is 9.55. The second-order valence-electron chi connectivity index (χ2n) is 2.83. The van der Waals surface area contributed by atoms with Crippen molar-refractivity contribution in [3.05, 3.63) is 23.1 Å². The molecule has 0 unspecified atom stereocenters. The lowest BCUT2D eigenvalue weighted by atomic mass is 10.2. The van der Waals surface area contributed by atoms with Crippen molar-refractivity contribution in [2.45, 2.75) is 4.90 Å². The Labute approximate surface area is 89.6 Å². The van der Waals surface area contributed by atoms with E-state index >= 15 is 0 Å². The highest BCUT2D eigenvalue weighted by Crippen LogP contribution is 2.35. The van der Waals surface area contributed by atoms with Crippen molar-refractivity contribution < 1.29 is 9.90 Å². The molecule has 1 aromatic heterocycles. The van der Waals surface area contributed by atoms with Gasteiger partial charge < -0.3 is 5.11 Å². The number of carbonyl (C=O) groups is 1. The Bertz CT molecular complexity index is 488. The van der Waals surface area contributed by atoms with Crippen molar-refractivity contribution in [3.8, 4) is 5.75 Å². The molecule has 2 rings (SSSR count). The summed E-state index contributed by atoms with van der Waals surface area (Å²) in [5, 5.41) is 12.3. The quantitative estimate of drug-likeness (QED) is 0.629. The highest BCUT2D eigenvalue weighted by atomic mass is 32.2. The predicted molar refractivity (Wildman–Crippen MR) is 60.7 cm³/mol. The number of benzene rings is 1. The van der Waals surface area contributed by atoms with E-state index in [1.54, 1.807) is 11.4 Å². The third-order valence-corrected chi connectivity index (χ3v) is 3.76. The van der Waals surface area contributed by atoms with E-state index in [-0.39, 0.29) is 5.75 Å². The zero-order valence-electron chi connectivity index (χ0n) is 7.48. The zero-order valence-corrected chi connectivity index (χ0v) is 9.11. The molecule has 0 spiro atoms. The number of hydrogen-bond acceptors (Lipinski definition) is 4. The lowest BCUT2D eigenvalue weighted by molar-refractivity contribution is 0.112. The SMILES string of the molecule is CSc1cc2c(C=O)csc2cc1O. The monoisotopic (exact) mass is 224 g/mol. The molecule has 0 saturated heterocycles. The zero-order chi connectivity index (χ0) is 10.1. The number of carbonyl (C=O) groups excluding carboxylic acids is 1. The Morgan fingerprint density at radius 1 is 1.50 bits per heavy atom. The van der Waals surface area contributed by atoms with Gasteiger partial charge in [-0.1, -0.05) is 0 Å². The minimum Gasteiger partial charge on any atom is -0.507 e. The fraction of sp³-hybridized carbons (Fsp3) is 0.100. The van der Waals surface area contributed by atoms with Crippen molar-refractivity contribution in [1.29, 1.82) is 0 Å². The van der Waals surface area contributed by atoms with Gasteiger partial charge >= 0.3 is 0 Å². The molecule has 4 heteroatoms. The summed E-state index contributed by atoms with van der Waals surface area (Å²) in [4.78, 5) is 11.5. The molecule has 1 aromatic carbocycles. The molecule has 0 saturated carbocycles. The molecule has 0 radical (unpaired) electrons. The van der Waals surface area contributed by atoms with Crippen molar-refractivity contribution in [3.63, 3.8) is 0 Å². The number of rotatable bonds is 2. The number of phenols is 1. The summed E-state index contributed by atoms with van der Waals surface area (Å²) in [6.45, 7) is 0. The van der Waals surface area contributed by atoms with Gasteiger partial charge in [0.2, 0.25) is 0 Å². The number of hydrogen-bond donors (Lipinski definition) is 1. The third-order valence-electron chi connectivity index (χ3n) is 2.03. The topological polar surface area (TPSA) is 37.3 Å². The molecule has 14 heavy (non-hydrogen) atoms. The minimum absolute atomic E-state index is 0.282. The van der Waals surface area contributed by atoms with Crippen LogP contribution < -0.4 is 0 Å². The summed E-state index contributed by atoms with van der Waals surface area (Å²) in [5.74, 6) is 0.282. The molecular formula is C10H8O2S2. The van der Waals surface area contributed by atoms with Gasteiger partial charge in [0.15, 0.2) is 6.29 Å². The molecule has 0 atom stereocenters. The molecule has 0 amide bonds.